The van der Waals surface area contributed by atoms with E-state index in [2.05, 4.69) is 21.2 Å². The number of aryl methyl sites for hydroxylation is 1. The highest BCUT2D eigenvalue weighted by molar-refractivity contribution is 9.10. The van der Waals surface area contributed by atoms with E-state index in [1.54, 1.807) is 12.1 Å². The molecule has 0 radical (unpaired) electrons. The Labute approximate surface area is 121 Å². The van der Waals surface area contributed by atoms with Crippen LogP contribution in [0, 0.1) is 6.92 Å². The zero-order valence-corrected chi connectivity index (χ0v) is 12.4. The van der Waals surface area contributed by atoms with Gasteiger partial charge in [-0.3, -0.25) is 4.79 Å². The summed E-state index contributed by atoms with van der Waals surface area (Å²) in [6, 6.07) is 11.3. The number of ketones is 1. The highest BCUT2D eigenvalue weighted by atomic mass is 79.9. The second-order valence-corrected chi connectivity index (χ2v) is 5.21. The van der Waals surface area contributed by atoms with Gasteiger partial charge in [0.2, 0.25) is 0 Å². The van der Waals surface area contributed by atoms with Gasteiger partial charge in [0, 0.05) is 21.4 Å². The highest BCUT2D eigenvalue weighted by Crippen LogP contribution is 2.29. The smallest absolute Gasteiger partial charge is 0.161 e. The number of nitrogen functional groups attached to an aromatic ring is 1. The third kappa shape index (κ3) is 2.96. The molecule has 0 aliphatic heterocycles. The van der Waals surface area contributed by atoms with E-state index in [4.69, 9.17) is 5.73 Å². The van der Waals surface area contributed by atoms with Crippen molar-refractivity contribution in [3.8, 4) is 0 Å². The van der Waals surface area contributed by atoms with Crippen LogP contribution < -0.4 is 11.1 Å². The fraction of sp³-hybridized carbons (Fsp3) is 0.133. The van der Waals surface area contributed by atoms with Crippen LogP contribution in [-0.4, -0.2) is 5.78 Å². The summed E-state index contributed by atoms with van der Waals surface area (Å²) >= 11 is 3.55. The number of hydrogen-bond acceptors (Lipinski definition) is 3. The summed E-state index contributed by atoms with van der Waals surface area (Å²) in [7, 11) is 0. The Kier molecular flexibility index (Phi) is 3.90. The molecule has 3 nitrogen and oxygen atoms in total. The number of halogens is 1. The van der Waals surface area contributed by atoms with Crippen LogP contribution in [0.25, 0.3) is 0 Å². The molecule has 0 aliphatic rings. The maximum absolute atomic E-state index is 11.5. The van der Waals surface area contributed by atoms with Gasteiger partial charge in [-0.15, -0.1) is 0 Å². The van der Waals surface area contributed by atoms with Gasteiger partial charge < -0.3 is 11.1 Å². The molecule has 98 valence electrons. The van der Waals surface area contributed by atoms with E-state index in [1.807, 2.05) is 31.2 Å². The Bertz CT molecular complexity index is 638. The van der Waals surface area contributed by atoms with Crippen molar-refractivity contribution in [2.24, 2.45) is 0 Å². The number of nitrogens with one attached hydrogen (secondary N) is 1. The Morgan fingerprint density at radius 2 is 2.00 bits per heavy atom. The molecule has 2 aromatic rings. The van der Waals surface area contributed by atoms with E-state index in [0.717, 1.165) is 21.4 Å². The van der Waals surface area contributed by atoms with Crippen molar-refractivity contribution in [3.05, 3.63) is 52.0 Å². The van der Waals surface area contributed by atoms with Gasteiger partial charge in [-0.25, -0.2) is 0 Å². The predicted octanol–water partition coefficient (Wildman–Crippen LogP) is 4.29. The first kappa shape index (κ1) is 13.6. The number of rotatable bonds is 3. The second-order valence-electron chi connectivity index (χ2n) is 4.42. The number of carbonyl (C=O) groups is 1. The van der Waals surface area contributed by atoms with Crippen LogP contribution in [0.4, 0.5) is 17.1 Å². The van der Waals surface area contributed by atoms with Gasteiger partial charge in [0.25, 0.3) is 0 Å². The van der Waals surface area contributed by atoms with Gasteiger partial charge in [0.15, 0.2) is 5.78 Å². The van der Waals surface area contributed by atoms with Crippen LogP contribution in [0.3, 0.4) is 0 Å². The first-order valence-electron chi connectivity index (χ1n) is 5.91. The van der Waals surface area contributed by atoms with Gasteiger partial charge in [0.05, 0.1) is 5.69 Å². The predicted molar refractivity (Wildman–Crippen MR) is 83.0 cm³/mol. The average Bonchev–Trinajstić information content (AvgIpc) is 2.37. The molecule has 0 bridgehead atoms. The molecular formula is C15H15BrN2O. The first-order chi connectivity index (χ1) is 8.99. The molecule has 0 unspecified atom stereocenters. The van der Waals surface area contributed by atoms with E-state index in [1.165, 1.54) is 6.92 Å². The van der Waals surface area contributed by atoms with Crippen LogP contribution in [0.5, 0.6) is 0 Å². The van der Waals surface area contributed by atoms with Crippen LogP contribution in [-0.2, 0) is 0 Å². The fourth-order valence-electron chi connectivity index (χ4n) is 1.84. The van der Waals surface area contributed by atoms with Crippen LogP contribution in [0.1, 0.15) is 22.8 Å². The monoisotopic (exact) mass is 318 g/mol. The Morgan fingerprint density at radius 1 is 1.26 bits per heavy atom. The van der Waals surface area contributed by atoms with Crippen LogP contribution in [0.15, 0.2) is 40.9 Å². The average molecular weight is 319 g/mol. The van der Waals surface area contributed by atoms with Crippen LogP contribution >= 0.6 is 15.9 Å². The van der Waals surface area contributed by atoms with Gasteiger partial charge >= 0.3 is 0 Å². The molecule has 0 aliphatic carbocycles. The molecule has 0 spiro atoms. The number of hydrogen-bond donors (Lipinski definition) is 2. The molecule has 0 heterocycles. The van der Waals surface area contributed by atoms with Crippen molar-refractivity contribution >= 4 is 38.8 Å². The molecule has 4 heteroatoms. The first-order valence-corrected chi connectivity index (χ1v) is 6.71. The number of anilines is 3. The summed E-state index contributed by atoms with van der Waals surface area (Å²) in [5.41, 5.74) is 9.76. The lowest BCUT2D eigenvalue weighted by molar-refractivity contribution is 0.101. The molecule has 0 fully saturated rings. The topological polar surface area (TPSA) is 55.1 Å². The van der Waals surface area contributed by atoms with Crippen molar-refractivity contribution in [2.75, 3.05) is 11.1 Å². The summed E-state index contributed by atoms with van der Waals surface area (Å²) < 4.78 is 1.01. The van der Waals surface area contributed by atoms with E-state index in [9.17, 15) is 4.79 Å². The quantitative estimate of drug-likeness (QED) is 0.655. The SMILES string of the molecule is CC(=O)c1cc(Nc2cccc(C)c2Br)ccc1N. The Hall–Kier alpha value is -1.81. The minimum Gasteiger partial charge on any atom is -0.398 e. The molecular weight excluding hydrogens is 304 g/mol. The molecule has 0 amide bonds. The Morgan fingerprint density at radius 3 is 2.68 bits per heavy atom. The van der Waals surface area contributed by atoms with Crippen molar-refractivity contribution in [1.29, 1.82) is 0 Å². The summed E-state index contributed by atoms with van der Waals surface area (Å²) in [5, 5.41) is 3.28. The molecule has 0 saturated heterocycles. The molecule has 0 aromatic heterocycles. The third-order valence-corrected chi connectivity index (χ3v) is 3.96. The van der Waals surface area contributed by atoms with E-state index < -0.39 is 0 Å². The number of Topliss-reactive ketones (excluding diaryl/α,β-unsaturated/α-hetero) is 1. The third-order valence-electron chi connectivity index (χ3n) is 2.90. The standard InChI is InChI=1S/C15H15BrN2O/c1-9-4-3-5-14(15(9)16)18-11-6-7-13(17)12(8-11)10(2)19/h3-8,18H,17H2,1-2H3. The van der Waals surface area contributed by atoms with Gasteiger partial charge in [-0.2, -0.15) is 0 Å². The van der Waals surface area contributed by atoms with Crippen molar-refractivity contribution in [3.63, 3.8) is 0 Å². The molecule has 2 rings (SSSR count). The number of nitrogens with two attached hydrogens (primary N) is 1. The highest BCUT2D eigenvalue weighted by Gasteiger charge is 2.07. The molecule has 0 saturated carbocycles. The molecule has 2 aromatic carbocycles. The van der Waals surface area contributed by atoms with E-state index in [0.29, 0.717) is 11.3 Å². The van der Waals surface area contributed by atoms with E-state index in [-0.39, 0.29) is 5.78 Å². The summed E-state index contributed by atoms with van der Waals surface area (Å²) in [6.45, 7) is 3.54. The van der Waals surface area contributed by atoms with Gasteiger partial charge in [-0.1, -0.05) is 12.1 Å². The maximum atomic E-state index is 11.5. The maximum Gasteiger partial charge on any atom is 0.161 e. The zero-order chi connectivity index (χ0) is 14.0. The van der Waals surface area contributed by atoms with Crippen molar-refractivity contribution in [2.45, 2.75) is 13.8 Å². The summed E-state index contributed by atoms with van der Waals surface area (Å²) in [6.07, 6.45) is 0. The van der Waals surface area contributed by atoms with Crippen LogP contribution in [0.2, 0.25) is 0 Å². The largest absolute Gasteiger partial charge is 0.398 e. The summed E-state index contributed by atoms with van der Waals surface area (Å²) in [5.74, 6) is -0.0375. The normalized spacial score (nSPS) is 10.3. The molecule has 3 N–H and O–H groups in total. The van der Waals surface area contributed by atoms with Gasteiger partial charge in [-0.05, 0) is 59.6 Å². The minimum atomic E-state index is -0.0375. The molecule has 19 heavy (non-hydrogen) atoms. The van der Waals surface area contributed by atoms with Gasteiger partial charge in [0.1, 0.15) is 0 Å². The fourth-order valence-corrected chi connectivity index (χ4v) is 2.20. The van der Waals surface area contributed by atoms with Crippen molar-refractivity contribution in [1.82, 2.24) is 0 Å². The lowest BCUT2D eigenvalue weighted by Crippen LogP contribution is -2.01. The van der Waals surface area contributed by atoms with Crippen molar-refractivity contribution < 1.29 is 4.79 Å². The zero-order valence-electron chi connectivity index (χ0n) is 10.8. The summed E-state index contributed by atoms with van der Waals surface area (Å²) in [4.78, 5) is 11.5. The second kappa shape index (κ2) is 5.45. The lowest BCUT2D eigenvalue weighted by atomic mass is 10.1. The minimum absolute atomic E-state index is 0.0375. The number of benzene rings is 2. The van der Waals surface area contributed by atoms with E-state index >= 15 is 0 Å². The number of carbonyl (C=O) groups excluding carboxylic acids is 1. The lowest BCUT2D eigenvalue weighted by Gasteiger charge is -2.12. The Balaban J connectivity index is 2.36. The molecule has 0 atom stereocenters.